The number of aryl methyl sites for hydroxylation is 1. The predicted octanol–water partition coefficient (Wildman–Crippen LogP) is 2.24. The second-order valence-corrected chi connectivity index (χ2v) is 6.94. The third-order valence-electron chi connectivity index (χ3n) is 3.66. The van der Waals surface area contributed by atoms with Crippen LogP contribution in [-0.2, 0) is 4.79 Å². The number of rotatable bonds is 5. The van der Waals surface area contributed by atoms with Crippen molar-refractivity contribution in [2.75, 3.05) is 25.5 Å². The molecule has 0 bridgehead atoms. The second kappa shape index (κ2) is 6.87. The van der Waals surface area contributed by atoms with Crippen LogP contribution in [0.25, 0.3) is 0 Å². The molecule has 1 saturated carbocycles. The van der Waals surface area contributed by atoms with Crippen LogP contribution in [0, 0.1) is 16.4 Å². The van der Waals surface area contributed by atoms with Crippen molar-refractivity contribution in [1.82, 2.24) is 4.90 Å². The third-order valence-corrected chi connectivity index (χ3v) is 4.33. The minimum Gasteiger partial charge on any atom is -0.393 e. The van der Waals surface area contributed by atoms with Gasteiger partial charge in [-0.25, -0.2) is 0 Å². The van der Waals surface area contributed by atoms with E-state index >= 15 is 0 Å². The molecule has 0 heterocycles. The number of nitrogens with one attached hydrogen (secondary N) is 1. The van der Waals surface area contributed by atoms with Gasteiger partial charge in [-0.1, -0.05) is 0 Å². The highest BCUT2D eigenvalue weighted by Gasteiger charge is 2.28. The largest absolute Gasteiger partial charge is 0.393 e. The molecular weight excluding hydrogens is 367 g/mol. The Balaban J connectivity index is 1.79. The van der Waals surface area contributed by atoms with Gasteiger partial charge in [0, 0.05) is 15.8 Å². The molecule has 1 aliphatic carbocycles. The Morgan fingerprint density at radius 1 is 1.50 bits per heavy atom. The first-order chi connectivity index (χ1) is 9.44. The van der Waals surface area contributed by atoms with Gasteiger partial charge in [0.2, 0.25) is 5.91 Å². The molecule has 4 nitrogen and oxygen atoms in total. The van der Waals surface area contributed by atoms with Crippen LogP contribution in [0.3, 0.4) is 0 Å². The molecule has 0 spiro atoms. The van der Waals surface area contributed by atoms with Crippen LogP contribution in [0.2, 0.25) is 0 Å². The highest BCUT2D eigenvalue weighted by atomic mass is 127. The van der Waals surface area contributed by atoms with Crippen LogP contribution >= 0.6 is 22.6 Å². The van der Waals surface area contributed by atoms with E-state index in [1.165, 1.54) is 3.57 Å². The fraction of sp³-hybridized carbons (Fsp3) is 0.533. The van der Waals surface area contributed by atoms with Crippen molar-refractivity contribution in [2.24, 2.45) is 5.92 Å². The van der Waals surface area contributed by atoms with Crippen molar-refractivity contribution < 1.29 is 9.90 Å². The van der Waals surface area contributed by atoms with Gasteiger partial charge in [0.1, 0.15) is 0 Å². The van der Waals surface area contributed by atoms with E-state index in [9.17, 15) is 9.90 Å². The number of amides is 1. The maximum atomic E-state index is 12.0. The van der Waals surface area contributed by atoms with Crippen molar-refractivity contribution in [3.63, 3.8) is 0 Å². The highest BCUT2D eigenvalue weighted by Crippen LogP contribution is 2.27. The Morgan fingerprint density at radius 2 is 2.20 bits per heavy atom. The number of nitrogens with zero attached hydrogens (tertiary/aromatic N) is 1. The molecule has 0 saturated heterocycles. The highest BCUT2D eigenvalue weighted by molar-refractivity contribution is 14.1. The summed E-state index contributed by atoms with van der Waals surface area (Å²) in [6.07, 6.45) is 1.60. The fourth-order valence-electron chi connectivity index (χ4n) is 2.56. The predicted molar refractivity (Wildman–Crippen MR) is 88.8 cm³/mol. The van der Waals surface area contributed by atoms with Crippen molar-refractivity contribution in [3.8, 4) is 0 Å². The molecule has 20 heavy (non-hydrogen) atoms. The van der Waals surface area contributed by atoms with Crippen molar-refractivity contribution in [2.45, 2.75) is 25.9 Å². The maximum absolute atomic E-state index is 12.0. The van der Waals surface area contributed by atoms with Crippen molar-refractivity contribution in [3.05, 3.63) is 27.3 Å². The molecule has 5 heteroatoms. The zero-order chi connectivity index (χ0) is 14.7. The quantitative estimate of drug-likeness (QED) is 0.761. The topological polar surface area (TPSA) is 52.6 Å². The molecule has 0 aromatic heterocycles. The summed E-state index contributed by atoms with van der Waals surface area (Å²) < 4.78 is 1.17. The molecule has 0 unspecified atom stereocenters. The molecule has 0 radical (unpaired) electrons. The molecule has 2 rings (SSSR count). The van der Waals surface area contributed by atoms with E-state index in [-0.39, 0.29) is 12.0 Å². The molecule has 0 aliphatic heterocycles. The average Bonchev–Trinajstić information content (AvgIpc) is 2.30. The molecule has 1 aliphatic rings. The summed E-state index contributed by atoms with van der Waals surface area (Å²) >= 11 is 2.26. The molecule has 2 N–H and O–H groups in total. The summed E-state index contributed by atoms with van der Waals surface area (Å²) in [5.74, 6) is 0.541. The Morgan fingerprint density at radius 3 is 2.80 bits per heavy atom. The molecule has 1 aromatic rings. The Hall–Kier alpha value is -0.660. The van der Waals surface area contributed by atoms with E-state index in [1.807, 2.05) is 31.0 Å². The van der Waals surface area contributed by atoms with Gasteiger partial charge in [-0.2, -0.15) is 0 Å². The third kappa shape index (κ3) is 4.43. The van der Waals surface area contributed by atoms with Crippen molar-refractivity contribution in [1.29, 1.82) is 0 Å². The Kier molecular flexibility index (Phi) is 5.40. The number of benzene rings is 1. The number of halogens is 1. The second-order valence-electron chi connectivity index (χ2n) is 5.70. The fourth-order valence-corrected chi connectivity index (χ4v) is 3.20. The van der Waals surface area contributed by atoms with Crippen LogP contribution in [0.4, 0.5) is 5.69 Å². The first-order valence-corrected chi connectivity index (χ1v) is 7.94. The molecule has 110 valence electrons. The number of carbonyl (C=O) groups is 1. The van der Waals surface area contributed by atoms with Crippen LogP contribution in [-0.4, -0.2) is 42.2 Å². The SMILES string of the molecule is Cc1cc(I)ccc1NC(=O)CN(C)CC1CC(O)C1. The van der Waals surface area contributed by atoms with Crippen LogP contribution < -0.4 is 5.32 Å². The lowest BCUT2D eigenvalue weighted by atomic mass is 9.82. The smallest absolute Gasteiger partial charge is 0.238 e. The van der Waals surface area contributed by atoms with Gasteiger partial charge in [-0.15, -0.1) is 0 Å². The van der Waals surface area contributed by atoms with Gasteiger partial charge in [0.25, 0.3) is 0 Å². The number of anilines is 1. The van der Waals surface area contributed by atoms with Gasteiger partial charge in [0.15, 0.2) is 0 Å². The van der Waals surface area contributed by atoms with Crippen LogP contribution in [0.5, 0.6) is 0 Å². The molecule has 1 amide bonds. The molecule has 1 fully saturated rings. The summed E-state index contributed by atoms with van der Waals surface area (Å²) in [5.41, 5.74) is 1.96. The van der Waals surface area contributed by atoms with Gasteiger partial charge in [-0.05, 0) is 79.1 Å². The Labute approximate surface area is 133 Å². The van der Waals surface area contributed by atoms with E-state index in [4.69, 9.17) is 0 Å². The maximum Gasteiger partial charge on any atom is 0.238 e. The summed E-state index contributed by atoms with van der Waals surface area (Å²) in [4.78, 5) is 14.0. The van der Waals surface area contributed by atoms with Gasteiger partial charge >= 0.3 is 0 Å². The number of aliphatic hydroxyl groups excluding tert-OH is 1. The van der Waals surface area contributed by atoms with Crippen molar-refractivity contribution >= 4 is 34.2 Å². The zero-order valence-corrected chi connectivity index (χ0v) is 14.1. The lowest BCUT2D eigenvalue weighted by molar-refractivity contribution is -0.117. The first-order valence-electron chi connectivity index (χ1n) is 6.86. The van der Waals surface area contributed by atoms with E-state index in [0.29, 0.717) is 12.5 Å². The lowest BCUT2D eigenvalue weighted by Crippen LogP contribution is -2.40. The number of hydrogen-bond donors (Lipinski definition) is 2. The molecular formula is C15H21IN2O2. The standard InChI is InChI=1S/C15H21IN2O2/c1-10-5-12(16)3-4-14(10)17-15(20)9-18(2)8-11-6-13(19)7-11/h3-5,11,13,19H,6-9H2,1-2H3,(H,17,20). The minimum atomic E-state index is -0.128. The van der Waals surface area contributed by atoms with Gasteiger partial charge in [0.05, 0.1) is 12.6 Å². The zero-order valence-electron chi connectivity index (χ0n) is 11.9. The monoisotopic (exact) mass is 388 g/mol. The van der Waals surface area contributed by atoms with E-state index in [1.54, 1.807) is 0 Å². The van der Waals surface area contributed by atoms with Crippen LogP contribution in [0.15, 0.2) is 18.2 Å². The summed E-state index contributed by atoms with van der Waals surface area (Å²) in [6.45, 7) is 3.26. The van der Waals surface area contributed by atoms with E-state index < -0.39 is 0 Å². The number of aliphatic hydroxyl groups is 1. The van der Waals surface area contributed by atoms with Crippen LogP contribution in [0.1, 0.15) is 18.4 Å². The Bertz CT molecular complexity index is 487. The molecule has 0 atom stereocenters. The molecule has 1 aromatic carbocycles. The summed E-state index contributed by atoms with van der Waals surface area (Å²) in [7, 11) is 1.95. The minimum absolute atomic E-state index is 0.0108. The number of likely N-dealkylation sites (N-methyl/N-ethyl adjacent to an activating group) is 1. The first kappa shape index (κ1) is 15.7. The van der Waals surface area contributed by atoms with Gasteiger partial charge < -0.3 is 10.4 Å². The van der Waals surface area contributed by atoms with Gasteiger partial charge in [-0.3, -0.25) is 9.69 Å². The normalized spacial score (nSPS) is 21.6. The van der Waals surface area contributed by atoms with E-state index in [2.05, 4.69) is 34.0 Å². The number of carbonyl (C=O) groups excluding carboxylic acids is 1. The lowest BCUT2D eigenvalue weighted by Gasteiger charge is -2.34. The van der Waals surface area contributed by atoms with E-state index in [0.717, 1.165) is 30.6 Å². The number of hydrogen-bond acceptors (Lipinski definition) is 3. The summed E-state index contributed by atoms with van der Waals surface area (Å²) in [6, 6.07) is 5.98. The average molecular weight is 388 g/mol. The summed E-state index contributed by atoms with van der Waals surface area (Å²) in [5, 5.41) is 12.2.